The third kappa shape index (κ3) is 3.62. The molecule has 0 radical (unpaired) electrons. The Morgan fingerprint density at radius 2 is 1.94 bits per heavy atom. The molecule has 4 aromatic rings. The first-order valence-corrected chi connectivity index (χ1v) is 12.1. The third-order valence-corrected chi connectivity index (χ3v) is 7.30. The van der Waals surface area contributed by atoms with E-state index in [-0.39, 0.29) is 11.9 Å². The average Bonchev–Trinajstić information content (AvgIpc) is 3.49. The topological polar surface area (TPSA) is 69.1 Å². The molecular weight excluding hydrogens is 410 g/mol. The number of piperidine rings is 1. The van der Waals surface area contributed by atoms with Gasteiger partial charge in [-0.15, -0.1) is 0 Å². The van der Waals surface area contributed by atoms with E-state index in [0.717, 1.165) is 54.4 Å². The fourth-order valence-corrected chi connectivity index (χ4v) is 5.24. The maximum Gasteiger partial charge on any atom is 0.253 e. The molecule has 0 unspecified atom stereocenters. The van der Waals surface area contributed by atoms with E-state index in [2.05, 4.69) is 47.4 Å². The normalized spacial score (nSPS) is 19.0. The van der Waals surface area contributed by atoms with Gasteiger partial charge < -0.3 is 19.8 Å². The Kier molecular flexibility index (Phi) is 4.80. The van der Waals surface area contributed by atoms with Crippen molar-refractivity contribution >= 4 is 27.8 Å². The van der Waals surface area contributed by atoms with Gasteiger partial charge in [-0.25, -0.2) is 4.98 Å². The van der Waals surface area contributed by atoms with Gasteiger partial charge in [0.15, 0.2) is 5.82 Å². The summed E-state index contributed by atoms with van der Waals surface area (Å²) in [4.78, 5) is 20.0. The number of likely N-dealkylation sites (tertiary alicyclic amines) is 1. The predicted molar refractivity (Wildman–Crippen MR) is 132 cm³/mol. The molecule has 1 aliphatic heterocycles. The minimum Gasteiger partial charge on any atom is -0.338 e. The number of hydrogen-bond acceptors (Lipinski definition) is 3. The smallest absolute Gasteiger partial charge is 0.253 e. The molecule has 6 heteroatoms. The largest absolute Gasteiger partial charge is 0.338 e. The lowest BCUT2D eigenvalue weighted by Crippen LogP contribution is -2.45. The van der Waals surface area contributed by atoms with Gasteiger partial charge in [-0.2, -0.15) is 0 Å². The molecule has 6 nitrogen and oxygen atoms in total. The van der Waals surface area contributed by atoms with Crippen molar-refractivity contribution in [2.24, 2.45) is 18.7 Å². The van der Waals surface area contributed by atoms with E-state index in [4.69, 9.17) is 10.7 Å². The van der Waals surface area contributed by atoms with E-state index in [9.17, 15) is 4.79 Å². The van der Waals surface area contributed by atoms with Gasteiger partial charge in [0.1, 0.15) is 0 Å². The molecule has 0 bridgehead atoms. The highest BCUT2D eigenvalue weighted by molar-refractivity contribution is 5.98. The summed E-state index contributed by atoms with van der Waals surface area (Å²) in [5.41, 5.74) is 12.4. The second-order valence-corrected chi connectivity index (χ2v) is 10.00. The number of rotatable bonds is 4. The van der Waals surface area contributed by atoms with Crippen LogP contribution in [0.25, 0.3) is 33.5 Å². The molecule has 2 aromatic carbocycles. The lowest BCUT2D eigenvalue weighted by molar-refractivity contribution is 0.0709. The van der Waals surface area contributed by atoms with E-state index >= 15 is 0 Å². The van der Waals surface area contributed by atoms with Crippen LogP contribution in [-0.2, 0) is 13.6 Å². The standard InChI is InChI=1S/C27H31N5O/c1-17-5-8-19-14-25(32(24(19)12-17)15-18-6-7-18)26-29-22-13-20(9-10-23(22)30(26)2)27(33)31-11-3-4-21(28)16-31/h5,8-10,12-14,18,21H,3-4,6-7,11,15-16,28H2,1-2H3/t21-/m1/s1. The van der Waals surface area contributed by atoms with Crippen LogP contribution in [-0.4, -0.2) is 44.1 Å². The Balaban J connectivity index is 1.43. The van der Waals surface area contributed by atoms with Gasteiger partial charge in [0.05, 0.1) is 16.7 Å². The van der Waals surface area contributed by atoms with Crippen molar-refractivity contribution in [3.63, 3.8) is 0 Å². The van der Waals surface area contributed by atoms with Gasteiger partial charge in [0.25, 0.3) is 5.91 Å². The fraction of sp³-hybridized carbons (Fsp3) is 0.407. The summed E-state index contributed by atoms with van der Waals surface area (Å²) < 4.78 is 4.60. The van der Waals surface area contributed by atoms with Crippen LogP contribution in [0.4, 0.5) is 0 Å². The van der Waals surface area contributed by atoms with Crippen molar-refractivity contribution in [3.8, 4) is 11.5 Å². The molecule has 2 N–H and O–H groups in total. The third-order valence-electron chi connectivity index (χ3n) is 7.30. The number of imidazole rings is 1. The number of aromatic nitrogens is 3. The SMILES string of the molecule is Cc1ccc2cc(-c3nc4cc(C(=O)N5CCC[C@@H](N)C5)ccc4n3C)n(CC3CC3)c2c1. The molecule has 0 spiro atoms. The first-order valence-electron chi connectivity index (χ1n) is 12.1. The maximum absolute atomic E-state index is 13.1. The maximum atomic E-state index is 13.1. The van der Waals surface area contributed by atoms with E-state index in [1.165, 1.54) is 29.3 Å². The summed E-state index contributed by atoms with van der Waals surface area (Å²) in [6, 6.07) is 14.9. The minimum absolute atomic E-state index is 0.0533. The molecule has 3 heterocycles. The molecule has 2 aromatic heterocycles. The number of aryl methyl sites for hydroxylation is 2. The number of hydrogen-bond donors (Lipinski definition) is 1. The zero-order valence-electron chi connectivity index (χ0n) is 19.4. The second kappa shape index (κ2) is 7.73. The van der Waals surface area contributed by atoms with Gasteiger partial charge in [-0.3, -0.25) is 4.79 Å². The van der Waals surface area contributed by atoms with E-state index in [1.807, 2.05) is 23.1 Å². The van der Waals surface area contributed by atoms with Gasteiger partial charge in [0, 0.05) is 49.2 Å². The van der Waals surface area contributed by atoms with Crippen LogP contribution < -0.4 is 5.73 Å². The van der Waals surface area contributed by atoms with E-state index in [0.29, 0.717) is 12.1 Å². The molecule has 1 saturated heterocycles. The van der Waals surface area contributed by atoms with Crippen LogP contribution in [0.2, 0.25) is 0 Å². The Bertz CT molecular complexity index is 1380. The zero-order valence-corrected chi connectivity index (χ0v) is 19.4. The lowest BCUT2D eigenvalue weighted by atomic mass is 10.1. The molecule has 1 amide bonds. The Morgan fingerprint density at radius 3 is 2.73 bits per heavy atom. The highest BCUT2D eigenvalue weighted by Gasteiger charge is 2.26. The van der Waals surface area contributed by atoms with Crippen molar-refractivity contribution in [2.45, 2.75) is 45.2 Å². The molecule has 2 fully saturated rings. The molecule has 33 heavy (non-hydrogen) atoms. The quantitative estimate of drug-likeness (QED) is 0.508. The van der Waals surface area contributed by atoms with Crippen LogP contribution in [0.15, 0.2) is 42.5 Å². The number of fused-ring (bicyclic) bond motifs is 2. The van der Waals surface area contributed by atoms with Crippen molar-refractivity contribution < 1.29 is 4.79 Å². The molecule has 1 aliphatic carbocycles. The summed E-state index contributed by atoms with van der Waals surface area (Å²) in [7, 11) is 2.07. The van der Waals surface area contributed by atoms with Crippen LogP contribution in [0, 0.1) is 12.8 Å². The molecule has 6 rings (SSSR count). The molecule has 1 atom stereocenters. The van der Waals surface area contributed by atoms with E-state index < -0.39 is 0 Å². The number of amides is 1. The lowest BCUT2D eigenvalue weighted by Gasteiger charge is -2.30. The Hall–Kier alpha value is -3.12. The minimum atomic E-state index is 0.0533. The van der Waals surface area contributed by atoms with Gasteiger partial charge >= 0.3 is 0 Å². The predicted octanol–water partition coefficient (Wildman–Crippen LogP) is 4.48. The first-order chi connectivity index (χ1) is 16.0. The number of benzene rings is 2. The molecule has 2 aliphatic rings. The first kappa shape index (κ1) is 20.5. The number of carbonyl (C=O) groups is 1. The zero-order chi connectivity index (χ0) is 22.7. The van der Waals surface area contributed by atoms with Crippen LogP contribution in [0.1, 0.15) is 41.6 Å². The van der Waals surface area contributed by atoms with Crippen LogP contribution >= 0.6 is 0 Å². The monoisotopic (exact) mass is 441 g/mol. The Labute approximate surface area is 194 Å². The molecule has 1 saturated carbocycles. The highest BCUT2D eigenvalue weighted by atomic mass is 16.2. The number of nitrogens with two attached hydrogens (primary N) is 1. The van der Waals surface area contributed by atoms with Crippen molar-refractivity contribution in [1.29, 1.82) is 0 Å². The molecular formula is C27H31N5O. The fourth-order valence-electron chi connectivity index (χ4n) is 5.24. The number of carbonyl (C=O) groups excluding carboxylic acids is 1. The van der Waals surface area contributed by atoms with Gasteiger partial charge in [-0.05, 0) is 74.4 Å². The summed E-state index contributed by atoms with van der Waals surface area (Å²) in [6.07, 6.45) is 4.56. The number of nitrogens with zero attached hydrogens (tertiary/aromatic N) is 4. The van der Waals surface area contributed by atoms with Gasteiger partial charge in [0.2, 0.25) is 0 Å². The molecule has 170 valence electrons. The van der Waals surface area contributed by atoms with Gasteiger partial charge in [-0.1, -0.05) is 12.1 Å². The van der Waals surface area contributed by atoms with Crippen LogP contribution in [0.5, 0.6) is 0 Å². The van der Waals surface area contributed by atoms with Crippen molar-refractivity contribution in [3.05, 3.63) is 53.6 Å². The summed E-state index contributed by atoms with van der Waals surface area (Å²) in [5, 5.41) is 1.25. The van der Waals surface area contributed by atoms with Crippen molar-refractivity contribution in [2.75, 3.05) is 13.1 Å². The Morgan fingerprint density at radius 1 is 1.09 bits per heavy atom. The summed E-state index contributed by atoms with van der Waals surface area (Å²) >= 11 is 0. The van der Waals surface area contributed by atoms with Crippen LogP contribution in [0.3, 0.4) is 0 Å². The average molecular weight is 442 g/mol. The highest BCUT2D eigenvalue weighted by Crippen LogP contribution is 2.36. The van der Waals surface area contributed by atoms with E-state index in [1.54, 1.807) is 0 Å². The summed E-state index contributed by atoms with van der Waals surface area (Å²) in [6.45, 7) is 4.59. The van der Waals surface area contributed by atoms with Crippen molar-refractivity contribution in [1.82, 2.24) is 19.0 Å². The second-order valence-electron chi connectivity index (χ2n) is 10.00. The summed E-state index contributed by atoms with van der Waals surface area (Å²) in [5.74, 6) is 1.76.